The molecule has 3 aliphatic heterocycles. The number of likely N-dealkylation sites (N-methyl/N-ethyl adjacent to an activating group) is 1. The highest BCUT2D eigenvalue weighted by molar-refractivity contribution is 6.16. The Labute approximate surface area is 253 Å². The van der Waals surface area contributed by atoms with E-state index in [0.29, 0.717) is 17.8 Å². The van der Waals surface area contributed by atoms with E-state index in [9.17, 15) is 4.39 Å². The van der Waals surface area contributed by atoms with Gasteiger partial charge in [0, 0.05) is 77.9 Å². The highest BCUT2D eigenvalue weighted by Crippen LogP contribution is 2.40. The molecular weight excluding hydrogens is 557 g/mol. The summed E-state index contributed by atoms with van der Waals surface area (Å²) in [5, 5.41) is 7.63. The lowest BCUT2D eigenvalue weighted by Gasteiger charge is -2.37. The van der Waals surface area contributed by atoms with Gasteiger partial charge in [0.15, 0.2) is 0 Å². The van der Waals surface area contributed by atoms with Gasteiger partial charge in [0.25, 0.3) is 0 Å². The third kappa shape index (κ3) is 4.86. The lowest BCUT2D eigenvalue weighted by atomic mass is 9.97. The molecule has 1 aromatic carbocycles. The summed E-state index contributed by atoms with van der Waals surface area (Å²) in [5.74, 6) is 0.493. The topological polar surface area (TPSA) is 146 Å². The van der Waals surface area contributed by atoms with E-state index in [1.807, 2.05) is 38.5 Å². The van der Waals surface area contributed by atoms with Crippen LogP contribution in [0.4, 0.5) is 15.9 Å². The van der Waals surface area contributed by atoms with Crippen LogP contribution >= 0.6 is 0 Å². The first-order valence-electron chi connectivity index (χ1n) is 14.7. The Balaban J connectivity index is 1.15. The van der Waals surface area contributed by atoms with E-state index in [2.05, 4.69) is 41.5 Å². The molecule has 5 aromatic rings. The van der Waals surface area contributed by atoms with Gasteiger partial charge >= 0.3 is 0 Å². The summed E-state index contributed by atoms with van der Waals surface area (Å²) < 4.78 is 14.8. The van der Waals surface area contributed by atoms with Crippen molar-refractivity contribution < 1.29 is 4.39 Å². The molecule has 0 bridgehead atoms. The molecule has 0 saturated carbocycles. The summed E-state index contributed by atoms with van der Waals surface area (Å²) in [6.07, 6.45) is 7.11. The number of nitrogens with zero attached hydrogens (tertiary/aromatic N) is 7. The lowest BCUT2D eigenvalue weighted by Crippen LogP contribution is -2.56. The summed E-state index contributed by atoms with van der Waals surface area (Å²) in [4.78, 5) is 31.6. The van der Waals surface area contributed by atoms with Crippen LogP contribution in [0.2, 0.25) is 0 Å². The molecule has 0 radical (unpaired) electrons. The van der Waals surface area contributed by atoms with Crippen LogP contribution in [-0.2, 0) is 0 Å². The van der Waals surface area contributed by atoms with Crippen LogP contribution in [0, 0.1) is 5.82 Å². The number of nitrogens with one attached hydrogen (secondary N) is 3. The molecule has 3 aliphatic rings. The highest BCUT2D eigenvalue weighted by atomic mass is 19.1. The summed E-state index contributed by atoms with van der Waals surface area (Å²) in [6.45, 7) is 3.08. The Bertz CT molecular complexity index is 1930. The molecule has 222 valence electrons. The number of aromatic amines is 1. The molecular formula is C32H32FN11. The predicted octanol–water partition coefficient (Wildman–Crippen LogP) is 3.16. The van der Waals surface area contributed by atoms with Gasteiger partial charge in [-0.1, -0.05) is 0 Å². The number of aliphatic imine (C=N–C) groups is 1. The second kappa shape index (κ2) is 10.4. The number of halogens is 1. The van der Waals surface area contributed by atoms with E-state index in [0.717, 1.165) is 76.0 Å². The maximum Gasteiger partial charge on any atom is 0.147 e. The van der Waals surface area contributed by atoms with Crippen LogP contribution in [0.25, 0.3) is 33.4 Å². The Morgan fingerprint density at radius 1 is 1.07 bits per heavy atom. The molecule has 2 atom stereocenters. The normalized spacial score (nSPS) is 19.0. The van der Waals surface area contributed by atoms with Gasteiger partial charge < -0.3 is 25.8 Å². The SMILES string of the molecule is CN(C)CCNc1cc(F)cc(-c2nccc3[nH]c(C4=NC5NC5c5ncc(-c6cncc(N7CC(N)C7)n6)cc54)cc23)c1. The van der Waals surface area contributed by atoms with Crippen molar-refractivity contribution in [2.24, 2.45) is 10.7 Å². The Kier molecular flexibility index (Phi) is 6.36. The van der Waals surface area contributed by atoms with Crippen molar-refractivity contribution in [1.82, 2.24) is 35.1 Å². The molecule has 11 nitrogen and oxygen atoms in total. The molecule has 2 unspecified atom stereocenters. The predicted molar refractivity (Wildman–Crippen MR) is 169 cm³/mol. The maximum absolute atomic E-state index is 14.8. The minimum atomic E-state index is -0.316. The van der Waals surface area contributed by atoms with Gasteiger partial charge in [-0.25, -0.2) is 9.37 Å². The summed E-state index contributed by atoms with van der Waals surface area (Å²) in [7, 11) is 4.02. The quantitative estimate of drug-likeness (QED) is 0.201. The van der Waals surface area contributed by atoms with Gasteiger partial charge in [0.2, 0.25) is 0 Å². The van der Waals surface area contributed by atoms with Crippen LogP contribution in [0.5, 0.6) is 0 Å². The van der Waals surface area contributed by atoms with E-state index in [-0.39, 0.29) is 24.1 Å². The highest BCUT2D eigenvalue weighted by Gasteiger charge is 2.44. The molecule has 2 saturated heterocycles. The number of pyridine rings is 2. The molecule has 12 heteroatoms. The van der Waals surface area contributed by atoms with E-state index in [4.69, 9.17) is 20.7 Å². The molecule has 0 spiro atoms. The third-order valence-corrected chi connectivity index (χ3v) is 8.31. The first-order valence-corrected chi connectivity index (χ1v) is 14.7. The van der Waals surface area contributed by atoms with E-state index < -0.39 is 0 Å². The number of hydrogen-bond acceptors (Lipinski definition) is 10. The number of rotatable bonds is 8. The molecule has 4 aromatic heterocycles. The Hall–Kier alpha value is -4.78. The number of hydrogen-bond donors (Lipinski definition) is 4. The van der Waals surface area contributed by atoms with E-state index in [1.165, 1.54) is 12.1 Å². The van der Waals surface area contributed by atoms with Crippen molar-refractivity contribution in [3.05, 3.63) is 84.0 Å². The van der Waals surface area contributed by atoms with Crippen molar-refractivity contribution in [2.75, 3.05) is 50.5 Å². The molecule has 5 N–H and O–H groups in total. The fourth-order valence-electron chi connectivity index (χ4n) is 5.96. The van der Waals surface area contributed by atoms with Gasteiger partial charge in [-0.3, -0.25) is 25.3 Å². The second-order valence-corrected chi connectivity index (χ2v) is 11.9. The zero-order valence-corrected chi connectivity index (χ0v) is 24.4. The summed E-state index contributed by atoms with van der Waals surface area (Å²) in [6, 6.07) is 11.3. The minimum Gasteiger partial charge on any atom is -0.384 e. The second-order valence-electron chi connectivity index (χ2n) is 11.9. The van der Waals surface area contributed by atoms with Crippen LogP contribution in [0.15, 0.2) is 66.2 Å². The van der Waals surface area contributed by atoms with E-state index >= 15 is 0 Å². The zero-order valence-electron chi connectivity index (χ0n) is 24.4. The minimum absolute atomic E-state index is 0.0161. The number of benzene rings is 1. The van der Waals surface area contributed by atoms with Crippen LogP contribution in [-0.4, -0.2) is 88.0 Å². The van der Waals surface area contributed by atoms with Crippen molar-refractivity contribution in [1.29, 1.82) is 0 Å². The lowest BCUT2D eigenvalue weighted by molar-refractivity contribution is 0.425. The fraction of sp³-hybridized carbons (Fsp3) is 0.281. The third-order valence-electron chi connectivity index (χ3n) is 8.31. The number of nitrogens with two attached hydrogens (primary N) is 1. The average Bonchev–Trinajstić information content (AvgIpc) is 3.66. The van der Waals surface area contributed by atoms with Gasteiger partial charge in [-0.15, -0.1) is 0 Å². The monoisotopic (exact) mass is 589 g/mol. The Morgan fingerprint density at radius 3 is 2.80 bits per heavy atom. The van der Waals surface area contributed by atoms with Gasteiger partial charge in [0.05, 0.1) is 46.9 Å². The first-order chi connectivity index (χ1) is 21.4. The van der Waals surface area contributed by atoms with Gasteiger partial charge in [-0.2, -0.15) is 0 Å². The Morgan fingerprint density at radius 2 is 1.95 bits per heavy atom. The maximum atomic E-state index is 14.8. The van der Waals surface area contributed by atoms with Crippen LogP contribution in [0.3, 0.4) is 0 Å². The molecule has 0 aliphatic carbocycles. The smallest absolute Gasteiger partial charge is 0.147 e. The molecule has 8 rings (SSSR count). The molecule has 2 fully saturated rings. The van der Waals surface area contributed by atoms with E-state index in [1.54, 1.807) is 18.6 Å². The van der Waals surface area contributed by atoms with Crippen molar-refractivity contribution in [2.45, 2.75) is 18.2 Å². The van der Waals surface area contributed by atoms with Gasteiger partial charge in [0.1, 0.15) is 17.8 Å². The summed E-state index contributed by atoms with van der Waals surface area (Å²) >= 11 is 0. The number of fused-ring (bicyclic) bond motifs is 4. The fourth-order valence-corrected chi connectivity index (χ4v) is 5.96. The molecule has 7 heterocycles. The zero-order chi connectivity index (χ0) is 29.9. The van der Waals surface area contributed by atoms with Crippen LogP contribution in [0.1, 0.15) is 23.0 Å². The first kappa shape index (κ1) is 26.8. The average molecular weight is 590 g/mol. The van der Waals surface area contributed by atoms with Crippen molar-refractivity contribution >= 4 is 28.1 Å². The standard InChI is InChI=1S/C32H32FN11/c1-43(2)6-5-36-21-8-17(7-19(33)10-21)28-22-11-25(39-24(22)3-4-37-28)29-23-9-18(12-38-30(23)31-32(41-29)42-31)26-13-35-14-27(40-26)44-15-20(34)16-44/h3-4,7-14,20,31-32,36,39,42H,5-6,15-16,34H2,1-2H3. The molecule has 44 heavy (non-hydrogen) atoms. The largest absolute Gasteiger partial charge is 0.384 e. The number of H-pyrrole nitrogens is 1. The number of anilines is 2. The van der Waals surface area contributed by atoms with Gasteiger partial charge in [-0.05, 0) is 50.5 Å². The summed E-state index contributed by atoms with van der Waals surface area (Å²) in [5.41, 5.74) is 14.1. The van der Waals surface area contributed by atoms with Crippen LogP contribution < -0.4 is 21.3 Å². The van der Waals surface area contributed by atoms with Crippen molar-refractivity contribution in [3.8, 4) is 22.5 Å². The number of aromatic nitrogens is 5. The van der Waals surface area contributed by atoms with Crippen molar-refractivity contribution in [3.63, 3.8) is 0 Å². The molecule has 0 amide bonds.